The van der Waals surface area contributed by atoms with Crippen LogP contribution in [0.4, 0.5) is 0 Å². The quantitative estimate of drug-likeness (QED) is 0.794. The summed E-state index contributed by atoms with van der Waals surface area (Å²) in [7, 11) is 2.07. The fraction of sp³-hybridized carbons (Fsp3) is 0.571. The van der Waals surface area contributed by atoms with Crippen LogP contribution in [0.15, 0.2) is 24.3 Å². The molecular weight excluding hydrogens is 182 g/mol. The second kappa shape index (κ2) is 3.64. The van der Waals surface area contributed by atoms with E-state index in [2.05, 4.69) is 57.4 Å². The zero-order valence-electron chi connectivity index (χ0n) is 10.2. The maximum atomic E-state index is 3.48. The van der Waals surface area contributed by atoms with Crippen LogP contribution in [0.25, 0.3) is 0 Å². The summed E-state index contributed by atoms with van der Waals surface area (Å²) in [6.45, 7) is 6.93. The fourth-order valence-corrected chi connectivity index (χ4v) is 2.59. The van der Waals surface area contributed by atoms with Crippen molar-refractivity contribution >= 4 is 0 Å². The van der Waals surface area contributed by atoms with Crippen molar-refractivity contribution in [1.82, 2.24) is 5.32 Å². The first-order valence-electron chi connectivity index (χ1n) is 5.79. The summed E-state index contributed by atoms with van der Waals surface area (Å²) in [4.78, 5) is 0. The smallest absolute Gasteiger partial charge is 0.0354 e. The van der Waals surface area contributed by atoms with E-state index in [0.29, 0.717) is 11.5 Å². The molecule has 2 rings (SSSR count). The molecule has 1 fully saturated rings. The van der Waals surface area contributed by atoms with Crippen LogP contribution < -0.4 is 5.32 Å². The molecule has 15 heavy (non-hydrogen) atoms. The first kappa shape index (κ1) is 10.7. The zero-order valence-corrected chi connectivity index (χ0v) is 10.2. The molecule has 2 atom stereocenters. The maximum absolute atomic E-state index is 3.48. The van der Waals surface area contributed by atoms with Gasteiger partial charge in [0, 0.05) is 6.04 Å². The number of hydrogen-bond acceptors (Lipinski definition) is 1. The van der Waals surface area contributed by atoms with Gasteiger partial charge in [0.25, 0.3) is 0 Å². The molecule has 0 amide bonds. The maximum Gasteiger partial charge on any atom is 0.0354 e. The number of rotatable bonds is 3. The molecule has 82 valence electrons. The van der Waals surface area contributed by atoms with E-state index >= 15 is 0 Å². The summed E-state index contributed by atoms with van der Waals surface area (Å²) in [5.41, 5.74) is 3.39. The molecule has 1 aromatic carbocycles. The highest BCUT2D eigenvalue weighted by Gasteiger charge is 2.50. The largest absolute Gasteiger partial charge is 0.313 e. The van der Waals surface area contributed by atoms with Gasteiger partial charge in [0.1, 0.15) is 0 Å². The van der Waals surface area contributed by atoms with Crippen molar-refractivity contribution in [3.8, 4) is 0 Å². The molecule has 0 radical (unpaired) electrons. The van der Waals surface area contributed by atoms with Crippen molar-refractivity contribution in [2.45, 2.75) is 33.2 Å². The molecule has 0 heterocycles. The average molecular weight is 203 g/mol. The molecule has 1 aliphatic carbocycles. The monoisotopic (exact) mass is 203 g/mol. The van der Waals surface area contributed by atoms with Crippen molar-refractivity contribution in [3.05, 3.63) is 35.4 Å². The Kier molecular flexibility index (Phi) is 2.59. The van der Waals surface area contributed by atoms with Gasteiger partial charge >= 0.3 is 0 Å². The number of nitrogens with one attached hydrogen (secondary N) is 1. The number of hydrogen-bond donors (Lipinski definition) is 1. The Bertz CT molecular complexity index is 354. The lowest BCUT2D eigenvalue weighted by Crippen LogP contribution is -2.21. The van der Waals surface area contributed by atoms with Gasteiger partial charge in [-0.1, -0.05) is 38.1 Å². The molecule has 0 aromatic heterocycles. The molecule has 1 heteroatoms. The van der Waals surface area contributed by atoms with E-state index in [-0.39, 0.29) is 0 Å². The van der Waals surface area contributed by atoms with E-state index in [1.165, 1.54) is 17.5 Å². The Morgan fingerprint density at radius 1 is 1.33 bits per heavy atom. The summed E-state index contributed by atoms with van der Waals surface area (Å²) < 4.78 is 0. The van der Waals surface area contributed by atoms with Gasteiger partial charge in [-0.3, -0.25) is 0 Å². The topological polar surface area (TPSA) is 12.0 Å². The normalized spacial score (nSPS) is 24.9. The van der Waals surface area contributed by atoms with E-state index in [0.717, 1.165) is 5.92 Å². The molecule has 2 unspecified atom stereocenters. The highest BCUT2D eigenvalue weighted by molar-refractivity contribution is 5.31. The van der Waals surface area contributed by atoms with Crippen LogP contribution >= 0.6 is 0 Å². The third kappa shape index (κ3) is 1.93. The third-order valence-electron chi connectivity index (χ3n) is 3.83. The van der Waals surface area contributed by atoms with Gasteiger partial charge in [0.05, 0.1) is 0 Å². The van der Waals surface area contributed by atoms with E-state index in [9.17, 15) is 0 Å². The minimum absolute atomic E-state index is 0.524. The van der Waals surface area contributed by atoms with Crippen molar-refractivity contribution in [3.63, 3.8) is 0 Å². The molecule has 1 saturated carbocycles. The van der Waals surface area contributed by atoms with Crippen LogP contribution in [0.2, 0.25) is 0 Å². The molecule has 1 aliphatic rings. The zero-order chi connectivity index (χ0) is 11.1. The molecule has 1 nitrogen and oxygen atoms in total. The van der Waals surface area contributed by atoms with E-state index in [1.54, 1.807) is 0 Å². The Labute approximate surface area is 92.9 Å². The van der Waals surface area contributed by atoms with Crippen molar-refractivity contribution in [2.75, 3.05) is 7.05 Å². The van der Waals surface area contributed by atoms with Gasteiger partial charge < -0.3 is 5.32 Å². The van der Waals surface area contributed by atoms with E-state index in [4.69, 9.17) is 0 Å². The van der Waals surface area contributed by atoms with Crippen molar-refractivity contribution in [2.24, 2.45) is 11.3 Å². The molecular formula is C14H21N. The highest BCUT2D eigenvalue weighted by atomic mass is 14.9. The third-order valence-corrected chi connectivity index (χ3v) is 3.83. The van der Waals surface area contributed by atoms with Crippen LogP contribution in [-0.4, -0.2) is 7.05 Å². The van der Waals surface area contributed by atoms with Crippen LogP contribution in [0.3, 0.4) is 0 Å². The lowest BCUT2D eigenvalue weighted by atomic mass is 9.94. The predicted molar refractivity (Wildman–Crippen MR) is 64.9 cm³/mol. The number of benzene rings is 1. The summed E-state index contributed by atoms with van der Waals surface area (Å²) >= 11 is 0. The highest BCUT2D eigenvalue weighted by Crippen LogP contribution is 2.57. The van der Waals surface area contributed by atoms with Gasteiger partial charge in [0.15, 0.2) is 0 Å². The predicted octanol–water partition coefficient (Wildman–Crippen LogP) is 3.30. The van der Waals surface area contributed by atoms with Gasteiger partial charge in [-0.15, -0.1) is 0 Å². The second-order valence-corrected chi connectivity index (χ2v) is 5.42. The number of aryl methyl sites for hydroxylation is 1. The SMILES string of the molecule is CNC(c1ccccc1C)C1CC1(C)C. The molecule has 0 saturated heterocycles. The van der Waals surface area contributed by atoms with Crippen LogP contribution in [-0.2, 0) is 0 Å². The van der Waals surface area contributed by atoms with Crippen molar-refractivity contribution < 1.29 is 0 Å². The Hall–Kier alpha value is -0.820. The van der Waals surface area contributed by atoms with Gasteiger partial charge in [-0.05, 0) is 42.9 Å². The summed E-state index contributed by atoms with van der Waals surface area (Å²) in [6, 6.07) is 9.24. The van der Waals surface area contributed by atoms with Crippen LogP contribution in [0.1, 0.15) is 37.4 Å². The molecule has 0 bridgehead atoms. The minimum atomic E-state index is 0.524. The summed E-state index contributed by atoms with van der Waals surface area (Å²) in [5.74, 6) is 0.795. The van der Waals surface area contributed by atoms with Gasteiger partial charge in [-0.2, -0.15) is 0 Å². The lowest BCUT2D eigenvalue weighted by Gasteiger charge is -2.20. The first-order chi connectivity index (χ1) is 7.06. The molecule has 1 N–H and O–H groups in total. The Balaban J connectivity index is 2.25. The molecule has 1 aromatic rings. The minimum Gasteiger partial charge on any atom is -0.313 e. The van der Waals surface area contributed by atoms with E-state index in [1.807, 2.05) is 0 Å². The van der Waals surface area contributed by atoms with Crippen molar-refractivity contribution in [1.29, 1.82) is 0 Å². The average Bonchev–Trinajstić information content (AvgIpc) is 2.80. The molecule has 0 aliphatic heterocycles. The second-order valence-electron chi connectivity index (χ2n) is 5.42. The fourth-order valence-electron chi connectivity index (χ4n) is 2.59. The molecule has 0 spiro atoms. The Morgan fingerprint density at radius 3 is 2.40 bits per heavy atom. The lowest BCUT2D eigenvalue weighted by molar-refractivity contribution is 0.439. The van der Waals surface area contributed by atoms with Gasteiger partial charge in [0.2, 0.25) is 0 Å². The summed E-state index contributed by atoms with van der Waals surface area (Å²) in [5, 5.41) is 3.48. The summed E-state index contributed by atoms with van der Waals surface area (Å²) in [6.07, 6.45) is 1.34. The first-order valence-corrected chi connectivity index (χ1v) is 5.79. The standard InChI is InChI=1S/C14H21N/c1-10-7-5-6-8-11(10)13(15-4)12-9-14(12,2)3/h5-8,12-13,15H,9H2,1-4H3. The van der Waals surface area contributed by atoms with E-state index < -0.39 is 0 Å². The Morgan fingerprint density at radius 2 is 1.93 bits per heavy atom. The van der Waals surface area contributed by atoms with Gasteiger partial charge in [-0.25, -0.2) is 0 Å². The van der Waals surface area contributed by atoms with Crippen LogP contribution in [0.5, 0.6) is 0 Å². The van der Waals surface area contributed by atoms with Crippen LogP contribution in [0, 0.1) is 18.3 Å².